The van der Waals surface area contributed by atoms with Crippen LogP contribution in [-0.4, -0.2) is 62.1 Å². The number of ether oxygens (including phenoxy) is 4. The topological polar surface area (TPSA) is 105 Å². The van der Waals surface area contributed by atoms with Crippen LogP contribution in [0.4, 0.5) is 0 Å². The number of halogens is 2. The van der Waals surface area contributed by atoms with Gasteiger partial charge in [-0.3, -0.25) is 0 Å². The highest BCUT2D eigenvalue weighted by atomic mass is 35.5. The van der Waals surface area contributed by atoms with Crippen molar-refractivity contribution in [2.75, 3.05) is 28.4 Å². The molecule has 0 fully saturated rings. The smallest absolute Gasteiger partial charge is 0.339 e. The standard InChI is InChI=1S/C16H18Cl2O8/c1-23-11(19)15(17,12(20)24-2)9-7-5-6-8-10-16(18,13(21)25-3)14(22)26-4/h5,7H,9-10H2,1-4H3/b7-5+. The van der Waals surface area contributed by atoms with E-state index in [1.165, 1.54) is 12.2 Å². The van der Waals surface area contributed by atoms with Crippen LogP contribution in [0.25, 0.3) is 0 Å². The molecule has 0 saturated heterocycles. The molecule has 10 heteroatoms. The van der Waals surface area contributed by atoms with E-state index < -0.39 is 40.0 Å². The van der Waals surface area contributed by atoms with Crippen LogP contribution in [0.15, 0.2) is 12.2 Å². The van der Waals surface area contributed by atoms with Gasteiger partial charge in [0.05, 0.1) is 34.9 Å². The molecule has 0 aliphatic carbocycles. The van der Waals surface area contributed by atoms with Crippen molar-refractivity contribution < 1.29 is 38.1 Å². The molecule has 0 aliphatic heterocycles. The van der Waals surface area contributed by atoms with E-state index in [9.17, 15) is 19.2 Å². The van der Waals surface area contributed by atoms with E-state index in [0.717, 1.165) is 28.4 Å². The first-order valence-electron chi connectivity index (χ1n) is 6.98. The van der Waals surface area contributed by atoms with E-state index in [1.807, 2.05) is 0 Å². The molecular weight excluding hydrogens is 391 g/mol. The van der Waals surface area contributed by atoms with Gasteiger partial charge < -0.3 is 18.9 Å². The van der Waals surface area contributed by atoms with Crippen LogP contribution in [0.5, 0.6) is 0 Å². The monoisotopic (exact) mass is 408 g/mol. The van der Waals surface area contributed by atoms with Crippen LogP contribution < -0.4 is 0 Å². The summed E-state index contributed by atoms with van der Waals surface area (Å²) in [6.07, 6.45) is 1.93. The Morgan fingerprint density at radius 2 is 1.19 bits per heavy atom. The lowest BCUT2D eigenvalue weighted by Gasteiger charge is -2.19. The van der Waals surface area contributed by atoms with Gasteiger partial charge in [-0.05, 0) is 6.08 Å². The van der Waals surface area contributed by atoms with Gasteiger partial charge in [0.2, 0.25) is 9.75 Å². The van der Waals surface area contributed by atoms with Gasteiger partial charge >= 0.3 is 23.9 Å². The van der Waals surface area contributed by atoms with Crippen LogP contribution in [0, 0.1) is 11.8 Å². The van der Waals surface area contributed by atoms with Crippen molar-refractivity contribution >= 4 is 47.1 Å². The lowest BCUT2D eigenvalue weighted by atomic mass is 10.0. The molecule has 8 nitrogen and oxygen atoms in total. The maximum atomic E-state index is 11.7. The van der Waals surface area contributed by atoms with Crippen LogP contribution in [0.2, 0.25) is 0 Å². The van der Waals surface area contributed by atoms with Crippen molar-refractivity contribution in [1.82, 2.24) is 0 Å². The summed E-state index contributed by atoms with van der Waals surface area (Å²) in [5.74, 6) is 0.976. The molecule has 0 spiro atoms. The minimum absolute atomic E-state index is 0.261. The fourth-order valence-electron chi connectivity index (χ4n) is 1.64. The summed E-state index contributed by atoms with van der Waals surface area (Å²) in [6, 6.07) is 0. The van der Waals surface area contributed by atoms with Crippen molar-refractivity contribution in [1.29, 1.82) is 0 Å². The molecule has 0 N–H and O–H groups in total. The minimum Gasteiger partial charge on any atom is -0.467 e. The van der Waals surface area contributed by atoms with Gasteiger partial charge in [0.1, 0.15) is 0 Å². The van der Waals surface area contributed by atoms with Gasteiger partial charge in [0, 0.05) is 6.42 Å². The first-order chi connectivity index (χ1) is 12.1. The highest BCUT2D eigenvalue weighted by molar-refractivity contribution is 6.45. The van der Waals surface area contributed by atoms with E-state index >= 15 is 0 Å². The number of rotatable bonds is 7. The van der Waals surface area contributed by atoms with Gasteiger partial charge in [-0.15, -0.1) is 0 Å². The molecule has 0 radical (unpaired) electrons. The van der Waals surface area contributed by atoms with E-state index in [-0.39, 0.29) is 6.42 Å². The summed E-state index contributed by atoms with van der Waals surface area (Å²) < 4.78 is 17.9. The molecule has 0 atom stereocenters. The molecule has 0 aromatic rings. The second-order valence-electron chi connectivity index (χ2n) is 4.67. The highest BCUT2D eigenvalue weighted by Gasteiger charge is 2.47. The summed E-state index contributed by atoms with van der Waals surface area (Å²) in [6.45, 7) is 0. The molecule has 0 heterocycles. The fourth-order valence-corrected chi connectivity index (χ4v) is 2.10. The summed E-state index contributed by atoms with van der Waals surface area (Å²) in [5, 5.41) is 0. The number of methoxy groups -OCH3 is 4. The Labute approximate surface area is 160 Å². The molecule has 0 aromatic heterocycles. The SMILES string of the molecule is COC(=O)C(Cl)(CC#C/C=C/CC(Cl)(C(=O)OC)C(=O)OC)C(=O)OC. The quantitative estimate of drug-likeness (QED) is 0.201. The van der Waals surface area contributed by atoms with Crippen molar-refractivity contribution in [3.05, 3.63) is 12.2 Å². The second kappa shape index (κ2) is 10.7. The third-order valence-corrected chi connectivity index (χ3v) is 3.98. The van der Waals surface area contributed by atoms with Crippen LogP contribution in [0.1, 0.15) is 12.8 Å². The third kappa shape index (κ3) is 5.64. The van der Waals surface area contributed by atoms with Crippen molar-refractivity contribution in [3.63, 3.8) is 0 Å². The van der Waals surface area contributed by atoms with E-state index in [2.05, 4.69) is 30.8 Å². The Kier molecular flexibility index (Phi) is 9.76. The normalized spacial score (nSPS) is 11.2. The molecular formula is C16H18Cl2O8. The molecule has 0 unspecified atom stereocenters. The Bertz CT molecular complexity index is 612. The first-order valence-corrected chi connectivity index (χ1v) is 7.74. The Hall–Kier alpha value is -2.24. The first kappa shape index (κ1) is 23.8. The molecule has 0 aromatic carbocycles. The molecule has 0 bridgehead atoms. The average molecular weight is 409 g/mol. The maximum Gasteiger partial charge on any atom is 0.339 e. The molecule has 0 aliphatic rings. The number of carbonyl (C=O) groups is 4. The summed E-state index contributed by atoms with van der Waals surface area (Å²) in [5.41, 5.74) is 0. The average Bonchev–Trinajstić information content (AvgIpc) is 2.66. The number of carbonyl (C=O) groups excluding carboxylic acids is 4. The van der Waals surface area contributed by atoms with Gasteiger partial charge in [-0.25, -0.2) is 19.2 Å². The molecule has 144 valence electrons. The van der Waals surface area contributed by atoms with Crippen LogP contribution in [-0.2, 0) is 38.1 Å². The van der Waals surface area contributed by atoms with Crippen LogP contribution >= 0.6 is 23.2 Å². The van der Waals surface area contributed by atoms with Crippen molar-refractivity contribution in [3.8, 4) is 11.8 Å². The van der Waals surface area contributed by atoms with Gasteiger partial charge in [-0.1, -0.05) is 41.1 Å². The largest absolute Gasteiger partial charge is 0.467 e. The highest BCUT2D eigenvalue weighted by Crippen LogP contribution is 2.25. The van der Waals surface area contributed by atoms with E-state index in [1.54, 1.807) is 0 Å². The van der Waals surface area contributed by atoms with E-state index in [4.69, 9.17) is 23.2 Å². The van der Waals surface area contributed by atoms with Gasteiger partial charge in [-0.2, -0.15) is 0 Å². The number of hydrogen-bond donors (Lipinski definition) is 0. The van der Waals surface area contributed by atoms with Crippen molar-refractivity contribution in [2.45, 2.75) is 22.6 Å². The molecule has 26 heavy (non-hydrogen) atoms. The number of alkyl halides is 2. The van der Waals surface area contributed by atoms with E-state index in [0.29, 0.717) is 0 Å². The predicted octanol–water partition coefficient (Wildman–Crippen LogP) is 0.973. The Balaban J connectivity index is 5.15. The summed E-state index contributed by atoms with van der Waals surface area (Å²) in [7, 11) is 4.28. The summed E-state index contributed by atoms with van der Waals surface area (Å²) >= 11 is 11.9. The predicted molar refractivity (Wildman–Crippen MR) is 91.4 cm³/mol. The zero-order chi connectivity index (χ0) is 20.4. The van der Waals surface area contributed by atoms with Crippen LogP contribution in [0.3, 0.4) is 0 Å². The second-order valence-corrected chi connectivity index (χ2v) is 5.96. The zero-order valence-electron chi connectivity index (χ0n) is 14.6. The number of allylic oxidation sites excluding steroid dienone is 2. The van der Waals surface area contributed by atoms with Gasteiger partial charge in [0.15, 0.2) is 0 Å². The Morgan fingerprint density at radius 1 is 0.808 bits per heavy atom. The molecule has 0 saturated carbocycles. The maximum absolute atomic E-state index is 11.7. The third-order valence-electron chi connectivity index (χ3n) is 3.07. The zero-order valence-corrected chi connectivity index (χ0v) is 16.1. The summed E-state index contributed by atoms with van der Waals surface area (Å²) in [4.78, 5) is 42.4. The lowest BCUT2D eigenvalue weighted by Crippen LogP contribution is -2.42. The fraction of sp³-hybridized carbons (Fsp3) is 0.500. The number of hydrogen-bond acceptors (Lipinski definition) is 8. The number of esters is 4. The lowest BCUT2D eigenvalue weighted by molar-refractivity contribution is -0.157. The van der Waals surface area contributed by atoms with Crippen molar-refractivity contribution in [2.24, 2.45) is 0 Å². The Morgan fingerprint density at radius 3 is 1.58 bits per heavy atom. The minimum atomic E-state index is -2.10. The molecule has 0 rings (SSSR count). The molecule has 0 amide bonds. The van der Waals surface area contributed by atoms with Gasteiger partial charge in [0.25, 0.3) is 0 Å².